The molecule has 0 saturated carbocycles. The summed E-state index contributed by atoms with van der Waals surface area (Å²) in [7, 11) is 2.05. The van der Waals surface area contributed by atoms with Crippen LogP contribution in [0, 0.1) is 12.3 Å². The van der Waals surface area contributed by atoms with Gasteiger partial charge in [0.15, 0.2) is 0 Å². The molecule has 0 aromatic carbocycles. The highest BCUT2D eigenvalue weighted by Crippen LogP contribution is 2.32. The third-order valence-electron chi connectivity index (χ3n) is 2.44. The second-order valence-corrected chi connectivity index (χ2v) is 6.16. The van der Waals surface area contributed by atoms with E-state index >= 15 is 0 Å². The lowest BCUT2D eigenvalue weighted by atomic mass is 9.86. The van der Waals surface area contributed by atoms with Crippen LogP contribution < -0.4 is 5.32 Å². The van der Waals surface area contributed by atoms with Gasteiger partial charge in [0.2, 0.25) is 0 Å². The zero-order valence-electron chi connectivity index (χ0n) is 9.85. The molecular weight excluding hydrogens is 190 g/mol. The average molecular weight is 211 g/mol. The van der Waals surface area contributed by atoms with Gasteiger partial charge in [-0.3, -0.25) is 0 Å². The van der Waals surface area contributed by atoms with Crippen molar-refractivity contribution in [3.63, 3.8) is 0 Å². The van der Waals surface area contributed by atoms with Crippen molar-refractivity contribution >= 4 is 11.3 Å². The maximum absolute atomic E-state index is 3.41. The van der Waals surface area contributed by atoms with Crippen molar-refractivity contribution < 1.29 is 0 Å². The summed E-state index contributed by atoms with van der Waals surface area (Å²) < 4.78 is 0. The van der Waals surface area contributed by atoms with Gasteiger partial charge in [-0.1, -0.05) is 20.8 Å². The molecule has 0 radical (unpaired) electrons. The highest BCUT2D eigenvalue weighted by Gasteiger charge is 2.20. The first kappa shape index (κ1) is 11.7. The molecule has 0 saturated heterocycles. The van der Waals surface area contributed by atoms with Crippen LogP contribution in [0.1, 0.15) is 43.7 Å². The van der Waals surface area contributed by atoms with Crippen LogP contribution in [0.15, 0.2) is 11.4 Å². The van der Waals surface area contributed by atoms with Gasteiger partial charge in [-0.15, -0.1) is 11.3 Å². The Balaban J connectivity index is 2.78. The molecule has 1 nitrogen and oxygen atoms in total. The lowest BCUT2D eigenvalue weighted by molar-refractivity contribution is 0.320. The predicted molar refractivity (Wildman–Crippen MR) is 64.9 cm³/mol. The van der Waals surface area contributed by atoms with Crippen LogP contribution >= 0.6 is 11.3 Å². The molecule has 1 aromatic heterocycles. The maximum Gasteiger partial charge on any atom is 0.0333 e. The first-order valence-electron chi connectivity index (χ1n) is 5.15. The van der Waals surface area contributed by atoms with Crippen molar-refractivity contribution in [2.75, 3.05) is 7.05 Å². The SMILES string of the molecule is CNC(CC(C)(C)C)c1ccsc1C. The van der Waals surface area contributed by atoms with Crippen molar-refractivity contribution in [3.05, 3.63) is 21.9 Å². The van der Waals surface area contributed by atoms with E-state index < -0.39 is 0 Å². The van der Waals surface area contributed by atoms with Crippen LogP contribution in [0.4, 0.5) is 0 Å². The first-order valence-corrected chi connectivity index (χ1v) is 6.03. The zero-order valence-corrected chi connectivity index (χ0v) is 10.7. The van der Waals surface area contributed by atoms with Crippen LogP contribution in [0.5, 0.6) is 0 Å². The van der Waals surface area contributed by atoms with E-state index in [1.54, 1.807) is 0 Å². The summed E-state index contributed by atoms with van der Waals surface area (Å²) in [5.41, 5.74) is 1.84. The Labute approximate surface area is 91.5 Å². The number of hydrogen-bond donors (Lipinski definition) is 1. The lowest BCUT2D eigenvalue weighted by Crippen LogP contribution is -2.22. The minimum Gasteiger partial charge on any atom is -0.313 e. The van der Waals surface area contributed by atoms with E-state index in [1.165, 1.54) is 16.9 Å². The first-order chi connectivity index (χ1) is 6.44. The van der Waals surface area contributed by atoms with E-state index in [0.717, 1.165) is 0 Å². The van der Waals surface area contributed by atoms with Gasteiger partial charge < -0.3 is 5.32 Å². The van der Waals surface area contributed by atoms with Gasteiger partial charge in [0, 0.05) is 10.9 Å². The van der Waals surface area contributed by atoms with E-state index in [1.807, 2.05) is 18.4 Å². The topological polar surface area (TPSA) is 12.0 Å². The van der Waals surface area contributed by atoms with Crippen molar-refractivity contribution in [1.82, 2.24) is 5.32 Å². The zero-order chi connectivity index (χ0) is 10.8. The fourth-order valence-corrected chi connectivity index (χ4v) is 2.50. The number of aryl methyl sites for hydroxylation is 1. The van der Waals surface area contributed by atoms with Gasteiger partial charge in [0.05, 0.1) is 0 Å². The number of hydrogen-bond acceptors (Lipinski definition) is 2. The molecule has 1 atom stereocenters. The quantitative estimate of drug-likeness (QED) is 0.803. The lowest BCUT2D eigenvalue weighted by Gasteiger charge is -2.25. The van der Waals surface area contributed by atoms with E-state index in [0.29, 0.717) is 11.5 Å². The van der Waals surface area contributed by atoms with Gasteiger partial charge in [-0.05, 0) is 42.8 Å². The summed E-state index contributed by atoms with van der Waals surface area (Å²) in [4.78, 5) is 1.44. The van der Waals surface area contributed by atoms with E-state index in [-0.39, 0.29) is 0 Å². The van der Waals surface area contributed by atoms with Gasteiger partial charge in [-0.25, -0.2) is 0 Å². The second-order valence-electron chi connectivity index (χ2n) is 5.04. The normalized spacial score (nSPS) is 14.4. The monoisotopic (exact) mass is 211 g/mol. The number of nitrogens with one attached hydrogen (secondary N) is 1. The van der Waals surface area contributed by atoms with Gasteiger partial charge in [0.25, 0.3) is 0 Å². The van der Waals surface area contributed by atoms with Crippen LogP contribution in [0.2, 0.25) is 0 Å². The van der Waals surface area contributed by atoms with Gasteiger partial charge in [0.1, 0.15) is 0 Å². The maximum atomic E-state index is 3.41. The van der Waals surface area contributed by atoms with Crippen LogP contribution in [0.3, 0.4) is 0 Å². The van der Waals surface area contributed by atoms with Gasteiger partial charge in [-0.2, -0.15) is 0 Å². The smallest absolute Gasteiger partial charge is 0.0333 e. The molecule has 0 aliphatic carbocycles. The summed E-state index contributed by atoms with van der Waals surface area (Å²) in [6.07, 6.45) is 1.18. The van der Waals surface area contributed by atoms with Crippen LogP contribution in [0.25, 0.3) is 0 Å². The predicted octanol–water partition coefficient (Wildman–Crippen LogP) is 3.75. The summed E-state index contributed by atoms with van der Waals surface area (Å²) in [6.45, 7) is 9.07. The van der Waals surface area contributed by atoms with Crippen molar-refractivity contribution in [1.29, 1.82) is 0 Å². The summed E-state index contributed by atoms with van der Waals surface area (Å²) in [5, 5.41) is 5.59. The molecule has 0 aliphatic heterocycles. The minimum atomic E-state index is 0.377. The number of thiophene rings is 1. The summed E-state index contributed by atoms with van der Waals surface area (Å²) in [6, 6.07) is 2.74. The molecule has 1 unspecified atom stereocenters. The Bertz CT molecular complexity index is 283. The van der Waals surface area contributed by atoms with E-state index in [2.05, 4.69) is 44.5 Å². The molecule has 14 heavy (non-hydrogen) atoms. The Kier molecular flexibility index (Phi) is 3.73. The highest BCUT2D eigenvalue weighted by atomic mass is 32.1. The Morgan fingerprint density at radius 1 is 1.43 bits per heavy atom. The third kappa shape index (κ3) is 3.10. The Morgan fingerprint density at radius 2 is 2.07 bits per heavy atom. The third-order valence-corrected chi connectivity index (χ3v) is 3.30. The Hall–Kier alpha value is -0.340. The van der Waals surface area contributed by atoms with E-state index in [4.69, 9.17) is 0 Å². The van der Waals surface area contributed by atoms with Crippen LogP contribution in [-0.2, 0) is 0 Å². The Morgan fingerprint density at radius 3 is 2.43 bits per heavy atom. The molecule has 2 heteroatoms. The summed E-state index contributed by atoms with van der Waals surface area (Å²) in [5.74, 6) is 0. The van der Waals surface area contributed by atoms with Gasteiger partial charge >= 0.3 is 0 Å². The molecule has 0 amide bonds. The molecule has 0 bridgehead atoms. The largest absolute Gasteiger partial charge is 0.313 e. The molecule has 1 aromatic rings. The molecule has 0 fully saturated rings. The fourth-order valence-electron chi connectivity index (χ4n) is 1.74. The van der Waals surface area contributed by atoms with Crippen molar-refractivity contribution in [3.8, 4) is 0 Å². The average Bonchev–Trinajstić information content (AvgIpc) is 2.45. The molecule has 1 rings (SSSR count). The fraction of sp³-hybridized carbons (Fsp3) is 0.667. The van der Waals surface area contributed by atoms with Crippen molar-refractivity contribution in [2.24, 2.45) is 5.41 Å². The van der Waals surface area contributed by atoms with Crippen molar-refractivity contribution in [2.45, 2.75) is 40.2 Å². The molecule has 0 aliphatic rings. The molecule has 1 heterocycles. The molecule has 0 spiro atoms. The summed E-state index contributed by atoms with van der Waals surface area (Å²) >= 11 is 1.83. The number of rotatable bonds is 3. The standard InChI is InChI=1S/C12H21NS/c1-9-10(6-7-14-9)11(13-5)8-12(2,3)4/h6-7,11,13H,8H2,1-5H3. The molecular formula is C12H21NS. The molecule has 1 N–H and O–H groups in total. The van der Waals surface area contributed by atoms with E-state index in [9.17, 15) is 0 Å². The second kappa shape index (κ2) is 4.45. The van der Waals surface area contributed by atoms with Crippen LogP contribution in [-0.4, -0.2) is 7.05 Å². The molecule has 80 valence electrons. The highest BCUT2D eigenvalue weighted by molar-refractivity contribution is 7.10. The minimum absolute atomic E-state index is 0.377.